The Kier molecular flexibility index (Phi) is 7.75. The second-order valence-electron chi connectivity index (χ2n) is 9.37. The number of amides is 2. The lowest BCUT2D eigenvalue weighted by Crippen LogP contribution is -2.55. The normalized spacial score (nSPS) is 23.3. The van der Waals surface area contributed by atoms with Crippen LogP contribution < -0.4 is 5.32 Å². The fraction of sp³-hybridized carbons (Fsp3) is 0.909. The van der Waals surface area contributed by atoms with Crippen LogP contribution in [0.1, 0.15) is 54.3 Å². The van der Waals surface area contributed by atoms with Crippen molar-refractivity contribution in [2.45, 2.75) is 58.9 Å². The minimum Gasteiger partial charge on any atom is -0.342 e. The zero-order valence-electron chi connectivity index (χ0n) is 18.2. The van der Waals surface area contributed by atoms with Gasteiger partial charge in [-0.3, -0.25) is 9.59 Å². The second kappa shape index (κ2) is 10.1. The van der Waals surface area contributed by atoms with Gasteiger partial charge in [-0.25, -0.2) is 0 Å². The molecule has 3 aliphatic rings. The van der Waals surface area contributed by atoms with Crippen LogP contribution in [0.3, 0.4) is 0 Å². The monoisotopic (exact) mass is 394 g/mol. The predicted molar refractivity (Wildman–Crippen MR) is 114 cm³/mol. The van der Waals surface area contributed by atoms with Crippen molar-refractivity contribution in [3.05, 3.63) is 0 Å². The Morgan fingerprint density at radius 3 is 2.00 bits per heavy atom. The van der Waals surface area contributed by atoms with Gasteiger partial charge in [0.2, 0.25) is 11.8 Å². The zero-order valence-corrected chi connectivity index (χ0v) is 18.2. The van der Waals surface area contributed by atoms with E-state index in [1.54, 1.807) is 0 Å². The number of likely N-dealkylation sites (tertiary alicyclic amines) is 3. The SMILES string of the molecule is CCCN1CC(C(=O)N2CCC(C3CCN(C(=O)CNC(C)C)CC3)CC2)C1.[HH]. The van der Waals surface area contributed by atoms with Gasteiger partial charge in [0.25, 0.3) is 0 Å². The fourth-order valence-corrected chi connectivity index (χ4v) is 5.10. The van der Waals surface area contributed by atoms with Crippen molar-refractivity contribution in [2.75, 3.05) is 52.4 Å². The highest BCUT2D eigenvalue weighted by molar-refractivity contribution is 5.80. The van der Waals surface area contributed by atoms with Crippen LogP contribution in [0.2, 0.25) is 0 Å². The molecule has 3 aliphatic heterocycles. The van der Waals surface area contributed by atoms with Crippen LogP contribution in [0.5, 0.6) is 0 Å². The van der Waals surface area contributed by atoms with Crippen molar-refractivity contribution in [2.24, 2.45) is 17.8 Å². The number of hydrogen-bond acceptors (Lipinski definition) is 4. The van der Waals surface area contributed by atoms with E-state index in [-0.39, 0.29) is 13.3 Å². The van der Waals surface area contributed by atoms with E-state index in [9.17, 15) is 9.59 Å². The third-order valence-corrected chi connectivity index (χ3v) is 6.92. The van der Waals surface area contributed by atoms with Gasteiger partial charge in [-0.1, -0.05) is 20.8 Å². The summed E-state index contributed by atoms with van der Waals surface area (Å²) in [4.78, 5) is 31.5. The molecule has 3 fully saturated rings. The highest BCUT2D eigenvalue weighted by atomic mass is 16.2. The van der Waals surface area contributed by atoms with Gasteiger partial charge < -0.3 is 20.0 Å². The van der Waals surface area contributed by atoms with Gasteiger partial charge in [0.05, 0.1) is 12.5 Å². The van der Waals surface area contributed by atoms with E-state index in [2.05, 4.69) is 35.9 Å². The molecule has 3 saturated heterocycles. The number of piperidine rings is 2. The minimum absolute atomic E-state index is 0. The molecule has 6 heteroatoms. The van der Waals surface area contributed by atoms with E-state index in [1.165, 1.54) is 6.42 Å². The molecular formula is C22H42N4O2. The van der Waals surface area contributed by atoms with Gasteiger partial charge in [0.15, 0.2) is 0 Å². The average molecular weight is 395 g/mol. The van der Waals surface area contributed by atoms with E-state index in [1.807, 2.05) is 4.90 Å². The summed E-state index contributed by atoms with van der Waals surface area (Å²) in [5, 5.41) is 3.23. The summed E-state index contributed by atoms with van der Waals surface area (Å²) in [5.74, 6) is 2.34. The molecule has 2 amide bonds. The second-order valence-corrected chi connectivity index (χ2v) is 9.37. The van der Waals surface area contributed by atoms with Crippen molar-refractivity contribution in [1.29, 1.82) is 0 Å². The maximum Gasteiger partial charge on any atom is 0.236 e. The number of carbonyl (C=O) groups excluding carboxylic acids is 2. The molecule has 0 aliphatic carbocycles. The summed E-state index contributed by atoms with van der Waals surface area (Å²) < 4.78 is 0. The summed E-state index contributed by atoms with van der Waals surface area (Å²) in [6, 6.07) is 0.351. The lowest BCUT2D eigenvalue weighted by molar-refractivity contribution is -0.143. The van der Waals surface area contributed by atoms with Gasteiger partial charge >= 0.3 is 0 Å². The Labute approximate surface area is 172 Å². The third kappa shape index (κ3) is 5.47. The van der Waals surface area contributed by atoms with Gasteiger partial charge in [0, 0.05) is 46.7 Å². The number of hydrogen-bond donors (Lipinski definition) is 1. The molecule has 0 aromatic rings. The zero-order chi connectivity index (χ0) is 20.1. The van der Waals surface area contributed by atoms with Crippen LogP contribution in [-0.2, 0) is 9.59 Å². The van der Waals surface area contributed by atoms with Crippen molar-refractivity contribution in [3.8, 4) is 0 Å². The van der Waals surface area contributed by atoms with Crippen molar-refractivity contribution < 1.29 is 11.0 Å². The van der Waals surface area contributed by atoms with Crippen molar-refractivity contribution >= 4 is 11.8 Å². The quantitative estimate of drug-likeness (QED) is 0.718. The highest BCUT2D eigenvalue weighted by Crippen LogP contribution is 2.33. The molecule has 162 valence electrons. The summed E-state index contributed by atoms with van der Waals surface area (Å²) in [5.41, 5.74) is 0. The summed E-state index contributed by atoms with van der Waals surface area (Å²) >= 11 is 0. The third-order valence-electron chi connectivity index (χ3n) is 6.92. The molecule has 0 saturated carbocycles. The molecule has 0 aromatic carbocycles. The number of nitrogens with zero attached hydrogens (tertiary/aromatic N) is 3. The maximum atomic E-state index is 12.7. The average Bonchev–Trinajstić information content (AvgIpc) is 2.68. The standard InChI is InChI=1S/C22H40N4O2.H2/c1-4-9-24-15-20(16-24)22(28)26-12-7-19(8-13-26)18-5-10-25(11-6-18)21(27)14-23-17(2)3;/h17-20,23H,4-16H2,1-3H3;1H. The first-order valence-corrected chi connectivity index (χ1v) is 11.5. The number of nitrogens with one attached hydrogen (secondary N) is 1. The highest BCUT2D eigenvalue weighted by Gasteiger charge is 2.37. The molecule has 3 heterocycles. The lowest BCUT2D eigenvalue weighted by atomic mass is 9.78. The van der Waals surface area contributed by atoms with Gasteiger partial charge in [-0.05, 0) is 50.5 Å². The minimum atomic E-state index is 0. The molecule has 0 radical (unpaired) electrons. The van der Waals surface area contributed by atoms with E-state index in [0.717, 1.165) is 83.3 Å². The Bertz CT molecular complexity index is 523. The lowest BCUT2D eigenvalue weighted by Gasteiger charge is -2.44. The largest absolute Gasteiger partial charge is 0.342 e. The topological polar surface area (TPSA) is 55.9 Å². The van der Waals surface area contributed by atoms with Gasteiger partial charge in [0.1, 0.15) is 0 Å². The van der Waals surface area contributed by atoms with Crippen molar-refractivity contribution in [1.82, 2.24) is 20.0 Å². The molecule has 0 spiro atoms. The molecule has 0 atom stereocenters. The smallest absolute Gasteiger partial charge is 0.236 e. The summed E-state index contributed by atoms with van der Waals surface area (Å²) in [7, 11) is 0. The predicted octanol–water partition coefficient (Wildman–Crippen LogP) is 2.05. The fourth-order valence-electron chi connectivity index (χ4n) is 5.10. The van der Waals surface area contributed by atoms with Crippen LogP contribution in [-0.4, -0.2) is 84.9 Å². The number of carbonyl (C=O) groups is 2. The molecule has 0 bridgehead atoms. The van der Waals surface area contributed by atoms with E-state index in [4.69, 9.17) is 0 Å². The van der Waals surface area contributed by atoms with Crippen LogP contribution in [0, 0.1) is 17.8 Å². The molecule has 0 aromatic heterocycles. The molecule has 28 heavy (non-hydrogen) atoms. The van der Waals surface area contributed by atoms with Crippen LogP contribution in [0.25, 0.3) is 0 Å². The maximum absolute atomic E-state index is 12.7. The number of rotatable bonds is 7. The van der Waals surface area contributed by atoms with Crippen LogP contribution in [0.15, 0.2) is 0 Å². The molecule has 0 unspecified atom stereocenters. The van der Waals surface area contributed by atoms with E-state index in [0.29, 0.717) is 18.5 Å². The first-order valence-electron chi connectivity index (χ1n) is 11.5. The molecular weight excluding hydrogens is 352 g/mol. The molecule has 1 N–H and O–H groups in total. The molecule has 3 rings (SSSR count). The Hall–Kier alpha value is -1.14. The van der Waals surface area contributed by atoms with Crippen LogP contribution >= 0.6 is 0 Å². The van der Waals surface area contributed by atoms with Gasteiger partial charge in [-0.2, -0.15) is 0 Å². The van der Waals surface area contributed by atoms with Gasteiger partial charge in [-0.15, -0.1) is 0 Å². The summed E-state index contributed by atoms with van der Waals surface area (Å²) in [6.07, 6.45) is 5.71. The van der Waals surface area contributed by atoms with E-state index >= 15 is 0 Å². The first kappa shape index (κ1) is 21.6. The van der Waals surface area contributed by atoms with E-state index < -0.39 is 0 Å². The Morgan fingerprint density at radius 2 is 1.50 bits per heavy atom. The molecule has 6 nitrogen and oxygen atoms in total. The Morgan fingerprint density at radius 1 is 0.964 bits per heavy atom. The summed E-state index contributed by atoms with van der Waals surface area (Å²) in [6.45, 7) is 13.5. The van der Waals surface area contributed by atoms with Crippen molar-refractivity contribution in [3.63, 3.8) is 0 Å². The van der Waals surface area contributed by atoms with Crippen LogP contribution in [0.4, 0.5) is 0 Å². The Balaban J connectivity index is 0.00000300. The first-order chi connectivity index (χ1) is 13.5.